The minimum Gasteiger partial charge on any atom is -0.326 e. The molecule has 6 nitrogen and oxygen atoms in total. The molecule has 154 valence electrons. The predicted octanol–water partition coefficient (Wildman–Crippen LogP) is 3.18. The average Bonchev–Trinajstić information content (AvgIpc) is 3.39. The van der Waals surface area contributed by atoms with Crippen LogP contribution in [0.5, 0.6) is 0 Å². The molecule has 1 N–H and O–H groups in total. The van der Waals surface area contributed by atoms with Crippen LogP contribution in [0.15, 0.2) is 48.5 Å². The number of anilines is 2. The number of rotatable bonds is 3. The first kappa shape index (κ1) is 19.0. The highest BCUT2D eigenvalue weighted by Gasteiger charge is 2.66. The highest BCUT2D eigenvalue weighted by Crippen LogP contribution is 2.56. The zero-order valence-electron chi connectivity index (χ0n) is 17.2. The molecular formula is C24H25N3O3. The quantitative estimate of drug-likeness (QED) is 0.799. The lowest BCUT2D eigenvalue weighted by Gasteiger charge is -2.37. The summed E-state index contributed by atoms with van der Waals surface area (Å²) in [5.74, 6) is -0.632. The zero-order chi connectivity index (χ0) is 21.0. The maximum Gasteiger partial charge on any atom is 0.252 e. The molecule has 1 spiro atoms. The van der Waals surface area contributed by atoms with Gasteiger partial charge in [-0.05, 0) is 63.1 Å². The Balaban J connectivity index is 1.54. The molecule has 0 unspecified atom stereocenters. The number of nitrogens with one attached hydrogen (secondary N) is 1. The Bertz CT molecular complexity index is 1050. The van der Waals surface area contributed by atoms with E-state index in [1.165, 1.54) is 6.92 Å². The minimum absolute atomic E-state index is 0.0137. The maximum atomic E-state index is 13.7. The van der Waals surface area contributed by atoms with Crippen LogP contribution in [0.2, 0.25) is 0 Å². The van der Waals surface area contributed by atoms with E-state index in [1.807, 2.05) is 24.3 Å². The van der Waals surface area contributed by atoms with E-state index in [0.717, 1.165) is 30.6 Å². The summed E-state index contributed by atoms with van der Waals surface area (Å²) in [5.41, 5.74) is 2.13. The van der Waals surface area contributed by atoms with E-state index in [9.17, 15) is 14.4 Å². The van der Waals surface area contributed by atoms with Crippen molar-refractivity contribution in [2.45, 2.75) is 37.8 Å². The first-order valence-electron chi connectivity index (χ1n) is 10.5. The molecule has 0 radical (unpaired) electrons. The number of fused-ring (bicyclic) bond motifs is 4. The number of hydrogen-bond acceptors (Lipinski definition) is 4. The van der Waals surface area contributed by atoms with E-state index in [-0.39, 0.29) is 23.6 Å². The van der Waals surface area contributed by atoms with Crippen LogP contribution in [-0.2, 0) is 15.1 Å². The number of carbonyl (C=O) groups excluding carboxylic acids is 3. The van der Waals surface area contributed by atoms with E-state index in [1.54, 1.807) is 36.2 Å². The number of Topliss-reactive ketones (excluding diaryl/α,β-unsaturated/α-hetero) is 1. The molecule has 5 rings (SSSR count). The van der Waals surface area contributed by atoms with Gasteiger partial charge >= 0.3 is 0 Å². The minimum atomic E-state index is -0.935. The van der Waals surface area contributed by atoms with Crippen molar-refractivity contribution in [2.75, 3.05) is 23.8 Å². The van der Waals surface area contributed by atoms with Gasteiger partial charge in [0, 0.05) is 35.6 Å². The molecule has 3 heterocycles. The lowest BCUT2D eigenvalue weighted by atomic mass is 9.78. The normalized spacial score (nSPS) is 27.4. The summed E-state index contributed by atoms with van der Waals surface area (Å²) in [7, 11) is 1.80. The van der Waals surface area contributed by atoms with Gasteiger partial charge in [0.15, 0.2) is 5.78 Å². The van der Waals surface area contributed by atoms with Gasteiger partial charge in [-0.3, -0.25) is 19.3 Å². The molecule has 6 heteroatoms. The fourth-order valence-electron chi connectivity index (χ4n) is 5.69. The van der Waals surface area contributed by atoms with E-state index < -0.39 is 11.5 Å². The largest absolute Gasteiger partial charge is 0.326 e. The fraction of sp³-hybridized carbons (Fsp3) is 0.375. The van der Waals surface area contributed by atoms with Crippen LogP contribution in [0.4, 0.5) is 11.4 Å². The van der Waals surface area contributed by atoms with Crippen LogP contribution in [0, 0.1) is 5.92 Å². The Morgan fingerprint density at radius 1 is 1.10 bits per heavy atom. The summed E-state index contributed by atoms with van der Waals surface area (Å²) >= 11 is 0. The lowest BCUT2D eigenvalue weighted by Crippen LogP contribution is -2.55. The van der Waals surface area contributed by atoms with Crippen molar-refractivity contribution in [3.63, 3.8) is 0 Å². The topological polar surface area (TPSA) is 69.7 Å². The Kier molecular flexibility index (Phi) is 4.29. The molecule has 0 saturated carbocycles. The van der Waals surface area contributed by atoms with Gasteiger partial charge in [-0.15, -0.1) is 0 Å². The SMILES string of the molecule is CC(=O)c1ccc(NC(=O)[C@@H]2C[C@@H]3CCCN3[C@]23C(=O)N(C)c2ccccc23)cc1. The molecule has 2 amide bonds. The Labute approximate surface area is 175 Å². The van der Waals surface area contributed by atoms with Crippen LogP contribution in [0.3, 0.4) is 0 Å². The summed E-state index contributed by atoms with van der Waals surface area (Å²) < 4.78 is 0. The Morgan fingerprint density at radius 3 is 2.57 bits per heavy atom. The lowest BCUT2D eigenvalue weighted by molar-refractivity contribution is -0.136. The van der Waals surface area contributed by atoms with Crippen LogP contribution < -0.4 is 10.2 Å². The molecule has 0 aromatic heterocycles. The molecule has 2 fully saturated rings. The predicted molar refractivity (Wildman–Crippen MR) is 114 cm³/mol. The van der Waals surface area contributed by atoms with Crippen molar-refractivity contribution < 1.29 is 14.4 Å². The van der Waals surface area contributed by atoms with Crippen molar-refractivity contribution in [1.82, 2.24) is 4.90 Å². The summed E-state index contributed by atoms with van der Waals surface area (Å²) in [6.07, 6.45) is 2.73. The van der Waals surface area contributed by atoms with Crippen LogP contribution in [0.25, 0.3) is 0 Å². The number of carbonyl (C=O) groups is 3. The Hall–Kier alpha value is -2.99. The molecule has 30 heavy (non-hydrogen) atoms. The van der Waals surface area contributed by atoms with Gasteiger partial charge in [0.1, 0.15) is 5.54 Å². The number of hydrogen-bond donors (Lipinski definition) is 1. The van der Waals surface area contributed by atoms with Crippen LogP contribution in [0.1, 0.15) is 42.1 Å². The standard InChI is InChI=1S/C24H25N3O3/c1-15(28)16-9-11-17(12-10-16)25-22(29)20-14-18-6-5-13-27(18)24(20)19-7-3-4-8-21(19)26(2)23(24)30/h3-4,7-12,18,20H,5-6,13-14H2,1-2H3,(H,25,29)/t18-,20-,24-/m0/s1. The molecule has 2 aromatic carbocycles. The number of ketones is 1. The van der Waals surface area contributed by atoms with Crippen LogP contribution >= 0.6 is 0 Å². The van der Waals surface area contributed by atoms with Gasteiger partial charge in [-0.2, -0.15) is 0 Å². The molecule has 3 aliphatic rings. The monoisotopic (exact) mass is 403 g/mol. The molecule has 0 aliphatic carbocycles. The highest BCUT2D eigenvalue weighted by atomic mass is 16.2. The van der Waals surface area contributed by atoms with Crippen molar-refractivity contribution in [2.24, 2.45) is 5.92 Å². The van der Waals surface area contributed by atoms with E-state index in [0.29, 0.717) is 17.7 Å². The average molecular weight is 403 g/mol. The maximum absolute atomic E-state index is 13.7. The summed E-state index contributed by atoms with van der Waals surface area (Å²) in [6.45, 7) is 2.35. The smallest absolute Gasteiger partial charge is 0.252 e. The number of benzene rings is 2. The summed E-state index contributed by atoms with van der Waals surface area (Å²) in [6, 6.07) is 15.0. The van der Waals surface area contributed by atoms with Crippen LogP contribution in [-0.4, -0.2) is 42.1 Å². The van der Waals surface area contributed by atoms with E-state index >= 15 is 0 Å². The third kappa shape index (κ3) is 2.50. The van der Waals surface area contributed by atoms with Crippen molar-refractivity contribution >= 4 is 29.0 Å². The molecule has 0 bridgehead atoms. The first-order chi connectivity index (χ1) is 14.4. The second-order valence-corrected chi connectivity index (χ2v) is 8.55. The molecular weight excluding hydrogens is 378 g/mol. The van der Waals surface area contributed by atoms with Gasteiger partial charge in [0.25, 0.3) is 5.91 Å². The first-order valence-corrected chi connectivity index (χ1v) is 10.5. The fourth-order valence-corrected chi connectivity index (χ4v) is 5.69. The third-order valence-electron chi connectivity index (χ3n) is 7.02. The highest BCUT2D eigenvalue weighted by molar-refractivity contribution is 6.11. The van der Waals surface area contributed by atoms with Gasteiger partial charge < -0.3 is 10.2 Å². The van der Waals surface area contributed by atoms with E-state index in [4.69, 9.17) is 0 Å². The second-order valence-electron chi connectivity index (χ2n) is 8.55. The van der Waals surface area contributed by atoms with Gasteiger partial charge in [-0.1, -0.05) is 18.2 Å². The second kappa shape index (κ2) is 6.77. The van der Waals surface area contributed by atoms with E-state index in [2.05, 4.69) is 10.2 Å². The van der Waals surface area contributed by atoms with Crippen molar-refractivity contribution in [3.05, 3.63) is 59.7 Å². The van der Waals surface area contributed by atoms with Gasteiger partial charge in [-0.25, -0.2) is 0 Å². The Morgan fingerprint density at radius 2 is 1.83 bits per heavy atom. The molecule has 2 saturated heterocycles. The summed E-state index contributed by atoms with van der Waals surface area (Å²) in [4.78, 5) is 42.7. The molecule has 2 aromatic rings. The number of nitrogens with zero attached hydrogens (tertiary/aromatic N) is 2. The third-order valence-corrected chi connectivity index (χ3v) is 7.02. The zero-order valence-corrected chi connectivity index (χ0v) is 17.2. The van der Waals surface area contributed by atoms with Crippen molar-refractivity contribution in [1.29, 1.82) is 0 Å². The summed E-state index contributed by atoms with van der Waals surface area (Å²) in [5, 5.41) is 3.01. The molecule has 3 aliphatic heterocycles. The molecule has 3 atom stereocenters. The van der Waals surface area contributed by atoms with Gasteiger partial charge in [0.05, 0.1) is 5.92 Å². The number of likely N-dealkylation sites (N-methyl/N-ethyl adjacent to an activating group) is 1. The number of para-hydroxylation sites is 1. The number of amides is 2. The van der Waals surface area contributed by atoms with Gasteiger partial charge in [0.2, 0.25) is 5.91 Å². The van der Waals surface area contributed by atoms with Crippen molar-refractivity contribution in [3.8, 4) is 0 Å².